The van der Waals surface area contributed by atoms with Crippen molar-refractivity contribution in [1.82, 2.24) is 20.2 Å². The zero-order valence-electron chi connectivity index (χ0n) is 15.9. The highest BCUT2D eigenvalue weighted by molar-refractivity contribution is 8.18. The summed E-state index contributed by atoms with van der Waals surface area (Å²) in [7, 11) is 0. The monoisotopic (exact) mass is 447 g/mol. The van der Waals surface area contributed by atoms with Crippen molar-refractivity contribution in [2.45, 2.75) is 12.1 Å². The fraction of sp³-hybridized carbons (Fsp3) is 0.211. The number of anilines is 1. The smallest absolute Gasteiger partial charge is 0.293 e. The number of benzene rings is 1. The van der Waals surface area contributed by atoms with Crippen molar-refractivity contribution in [2.24, 2.45) is 0 Å². The first-order chi connectivity index (χ1) is 14.3. The number of nitrogens with zero attached hydrogens (tertiary/aromatic N) is 3. The maximum atomic E-state index is 13.8. The summed E-state index contributed by atoms with van der Waals surface area (Å²) in [5, 5.41) is 2.57. The summed E-state index contributed by atoms with van der Waals surface area (Å²) in [6.45, 7) is 1.89. The predicted molar refractivity (Wildman–Crippen MR) is 114 cm³/mol. The average molecular weight is 448 g/mol. The minimum atomic E-state index is -0.513. The number of imide groups is 1. The molecule has 0 atom stereocenters. The Morgan fingerprint density at radius 1 is 1.33 bits per heavy atom. The van der Waals surface area contributed by atoms with E-state index in [0.29, 0.717) is 16.7 Å². The molecule has 0 spiro atoms. The number of aromatic nitrogens is 2. The van der Waals surface area contributed by atoms with Crippen LogP contribution in [0.15, 0.2) is 40.4 Å². The summed E-state index contributed by atoms with van der Waals surface area (Å²) >= 11 is 1.87. The third-order valence-corrected chi connectivity index (χ3v) is 5.66. The van der Waals surface area contributed by atoms with Crippen LogP contribution in [0.3, 0.4) is 0 Å². The number of carbonyl (C=O) groups is 3. The number of rotatable bonds is 7. The number of hydrogen-bond donors (Lipinski definition) is 2. The number of hydrogen-bond acceptors (Lipinski definition) is 8. The highest BCUT2D eigenvalue weighted by atomic mass is 32.2. The molecule has 0 saturated carbocycles. The molecule has 8 nitrogen and oxygen atoms in total. The lowest BCUT2D eigenvalue weighted by molar-refractivity contribution is -0.123. The van der Waals surface area contributed by atoms with Crippen LogP contribution in [-0.4, -0.2) is 50.8 Å². The molecule has 1 fully saturated rings. The molecule has 3 rings (SSSR count). The van der Waals surface area contributed by atoms with Crippen LogP contribution in [0, 0.1) is 12.7 Å². The van der Waals surface area contributed by atoms with Gasteiger partial charge in [-0.1, -0.05) is 30.0 Å². The van der Waals surface area contributed by atoms with Crippen LogP contribution >= 0.6 is 23.5 Å². The first-order valence-corrected chi connectivity index (χ1v) is 10.6. The van der Waals surface area contributed by atoms with E-state index in [1.165, 1.54) is 18.2 Å². The van der Waals surface area contributed by atoms with Crippen LogP contribution in [-0.2, 0) is 9.59 Å². The first-order valence-electron chi connectivity index (χ1n) is 8.84. The molecule has 2 heterocycles. The predicted octanol–water partition coefficient (Wildman–Crippen LogP) is 2.45. The number of thioether (sulfide) groups is 2. The van der Waals surface area contributed by atoms with E-state index in [2.05, 4.69) is 15.3 Å². The number of halogens is 1. The third-order valence-electron chi connectivity index (χ3n) is 3.91. The second-order valence-electron chi connectivity index (χ2n) is 6.21. The van der Waals surface area contributed by atoms with Crippen LogP contribution in [0.25, 0.3) is 6.08 Å². The molecule has 11 heteroatoms. The number of amides is 3. The molecule has 0 unspecified atom stereocenters. The molecule has 1 aliphatic rings. The molecule has 0 aliphatic carbocycles. The average Bonchev–Trinajstić information content (AvgIpc) is 2.95. The molecule has 3 N–H and O–H groups in total. The molecule has 1 aromatic heterocycles. The quantitative estimate of drug-likeness (QED) is 0.377. The lowest BCUT2D eigenvalue weighted by Crippen LogP contribution is -2.37. The fourth-order valence-corrected chi connectivity index (χ4v) is 4.14. The summed E-state index contributed by atoms with van der Waals surface area (Å²) < 4.78 is 13.8. The molecule has 156 valence electrons. The van der Waals surface area contributed by atoms with Gasteiger partial charge in [0, 0.05) is 30.4 Å². The second-order valence-corrected chi connectivity index (χ2v) is 8.15. The molecule has 0 radical (unpaired) electrons. The van der Waals surface area contributed by atoms with E-state index >= 15 is 0 Å². The Morgan fingerprint density at radius 3 is 2.83 bits per heavy atom. The van der Waals surface area contributed by atoms with Gasteiger partial charge in [-0.2, -0.15) is 0 Å². The van der Waals surface area contributed by atoms with Crippen molar-refractivity contribution in [2.75, 3.05) is 24.6 Å². The summed E-state index contributed by atoms with van der Waals surface area (Å²) in [5.74, 6) is -0.891. The van der Waals surface area contributed by atoms with Gasteiger partial charge in [-0.3, -0.25) is 19.3 Å². The Labute approximate surface area is 180 Å². The van der Waals surface area contributed by atoms with Crippen molar-refractivity contribution in [3.05, 3.63) is 52.3 Å². The van der Waals surface area contributed by atoms with Crippen LogP contribution in [0.1, 0.15) is 11.3 Å². The van der Waals surface area contributed by atoms with Gasteiger partial charge in [-0.05, 0) is 30.8 Å². The normalized spacial score (nSPS) is 15.1. The van der Waals surface area contributed by atoms with E-state index < -0.39 is 17.0 Å². The zero-order valence-corrected chi connectivity index (χ0v) is 17.6. The van der Waals surface area contributed by atoms with E-state index in [9.17, 15) is 18.8 Å². The minimum Gasteiger partial charge on any atom is -0.384 e. The Morgan fingerprint density at radius 2 is 2.10 bits per heavy atom. The van der Waals surface area contributed by atoms with Gasteiger partial charge in [0.2, 0.25) is 5.91 Å². The van der Waals surface area contributed by atoms with Crippen molar-refractivity contribution < 1.29 is 18.8 Å². The summed E-state index contributed by atoms with van der Waals surface area (Å²) in [6.07, 6.45) is 1.35. The van der Waals surface area contributed by atoms with E-state index in [-0.39, 0.29) is 35.2 Å². The second kappa shape index (κ2) is 9.72. The zero-order chi connectivity index (χ0) is 21.7. The number of nitrogens with two attached hydrogens (primary N) is 1. The van der Waals surface area contributed by atoms with Crippen LogP contribution < -0.4 is 11.1 Å². The van der Waals surface area contributed by atoms with Crippen molar-refractivity contribution >= 4 is 52.5 Å². The van der Waals surface area contributed by atoms with Gasteiger partial charge in [-0.15, -0.1) is 0 Å². The number of carbonyl (C=O) groups excluding carboxylic acids is 3. The van der Waals surface area contributed by atoms with Gasteiger partial charge >= 0.3 is 0 Å². The lowest BCUT2D eigenvalue weighted by atomic mass is 10.2. The maximum Gasteiger partial charge on any atom is 0.293 e. The van der Waals surface area contributed by atoms with E-state index in [1.807, 2.05) is 0 Å². The molecule has 1 aromatic carbocycles. The summed E-state index contributed by atoms with van der Waals surface area (Å²) in [6, 6.07) is 7.61. The SMILES string of the molecule is Cc1cc(N)nc(SCC(=O)NCCN2C(=O)S/C(=C\c3ccccc3F)C2=O)n1. The highest BCUT2D eigenvalue weighted by Crippen LogP contribution is 2.32. The number of nitrogen functional groups attached to an aromatic ring is 1. The van der Waals surface area contributed by atoms with Gasteiger partial charge in [0.1, 0.15) is 11.6 Å². The van der Waals surface area contributed by atoms with Crippen molar-refractivity contribution in [3.8, 4) is 0 Å². The highest BCUT2D eigenvalue weighted by Gasteiger charge is 2.34. The molecule has 3 amide bonds. The Balaban J connectivity index is 1.49. The third kappa shape index (κ3) is 5.57. The molecular formula is C19H18FN5O3S2. The largest absolute Gasteiger partial charge is 0.384 e. The Hall–Kier alpha value is -2.92. The standard InChI is InChI=1S/C19H18FN5O3S2/c1-11-8-15(21)24-18(23-11)29-10-16(26)22-6-7-25-17(27)14(30-19(25)28)9-12-4-2-3-5-13(12)20/h2-5,8-9H,6-7,10H2,1H3,(H,22,26)(H2,21,23,24)/b14-9-. The van der Waals surface area contributed by atoms with Crippen molar-refractivity contribution in [3.63, 3.8) is 0 Å². The summed E-state index contributed by atoms with van der Waals surface area (Å²) in [4.78, 5) is 45.9. The molecule has 30 heavy (non-hydrogen) atoms. The number of nitrogens with one attached hydrogen (secondary N) is 1. The van der Waals surface area contributed by atoms with E-state index in [0.717, 1.165) is 28.4 Å². The Kier molecular flexibility index (Phi) is 7.06. The van der Waals surface area contributed by atoms with Gasteiger partial charge < -0.3 is 11.1 Å². The molecule has 2 aromatic rings. The molecule has 1 saturated heterocycles. The molecular weight excluding hydrogens is 429 g/mol. The Bertz CT molecular complexity index is 1010. The maximum absolute atomic E-state index is 13.8. The van der Waals surface area contributed by atoms with Gasteiger partial charge in [0.05, 0.1) is 10.7 Å². The van der Waals surface area contributed by atoms with Gasteiger partial charge in [0.25, 0.3) is 11.1 Å². The minimum absolute atomic E-state index is 0.0174. The van der Waals surface area contributed by atoms with E-state index in [4.69, 9.17) is 5.73 Å². The number of aryl methyl sites for hydroxylation is 1. The summed E-state index contributed by atoms with van der Waals surface area (Å²) in [5.41, 5.74) is 6.58. The van der Waals surface area contributed by atoms with Gasteiger partial charge in [0.15, 0.2) is 5.16 Å². The first kappa shape index (κ1) is 21.8. The van der Waals surface area contributed by atoms with Crippen LogP contribution in [0.5, 0.6) is 0 Å². The molecule has 1 aliphatic heterocycles. The van der Waals surface area contributed by atoms with Gasteiger partial charge in [-0.25, -0.2) is 14.4 Å². The van der Waals surface area contributed by atoms with Crippen molar-refractivity contribution in [1.29, 1.82) is 0 Å². The molecule has 0 bridgehead atoms. The van der Waals surface area contributed by atoms with Crippen LogP contribution in [0.4, 0.5) is 15.0 Å². The lowest BCUT2D eigenvalue weighted by Gasteiger charge is -2.12. The fourth-order valence-electron chi connectivity index (χ4n) is 2.54. The van der Waals surface area contributed by atoms with E-state index in [1.54, 1.807) is 25.1 Å². The topological polar surface area (TPSA) is 118 Å². The van der Waals surface area contributed by atoms with Crippen LogP contribution in [0.2, 0.25) is 0 Å².